The Morgan fingerprint density at radius 1 is 0.771 bits per heavy atom. The number of alkyl carbamates (subject to hydrolysis) is 1. The van der Waals surface area contributed by atoms with Crippen molar-refractivity contribution in [2.24, 2.45) is 0 Å². The topological polar surface area (TPSA) is 121 Å². The summed E-state index contributed by atoms with van der Waals surface area (Å²) in [6.45, 7) is 0.840. The molecule has 5 rings (SSSR count). The van der Waals surface area contributed by atoms with Crippen molar-refractivity contribution >= 4 is 23.9 Å². The van der Waals surface area contributed by atoms with E-state index in [-0.39, 0.29) is 36.7 Å². The number of guanidine groups is 1. The van der Waals surface area contributed by atoms with Crippen LogP contribution in [0.1, 0.15) is 61.7 Å². The number of nitrogens with zero attached hydrogens (tertiary/aromatic N) is 1. The number of ether oxygens (including phenoxy) is 2. The first-order valence-electron chi connectivity index (χ1n) is 15.2. The predicted octanol–water partition coefficient (Wildman–Crippen LogP) is 6.90. The van der Waals surface area contributed by atoms with Crippen molar-refractivity contribution in [2.75, 3.05) is 13.1 Å². The van der Waals surface area contributed by atoms with E-state index in [2.05, 4.69) is 5.32 Å². The summed E-state index contributed by atoms with van der Waals surface area (Å²) in [4.78, 5) is 39.4. The molecule has 0 aromatic heterocycles. The molecule has 4 aromatic rings. The van der Waals surface area contributed by atoms with Gasteiger partial charge in [0.2, 0.25) is 5.96 Å². The van der Waals surface area contributed by atoms with Crippen molar-refractivity contribution in [3.8, 4) is 5.75 Å². The molecule has 3 N–H and O–H groups in total. The first kappa shape index (κ1) is 33.7. The molecule has 0 saturated carbocycles. The van der Waals surface area contributed by atoms with Crippen LogP contribution in [0.2, 0.25) is 0 Å². The number of nitrogens with one attached hydrogen (secondary N) is 3. The Labute approximate surface area is 275 Å². The third kappa shape index (κ3) is 8.99. The van der Waals surface area contributed by atoms with Crippen LogP contribution in [0.5, 0.6) is 5.75 Å². The number of hydrogen-bond acceptors (Lipinski definition) is 6. The standard InChI is InChI=1S/C36H33F3N4O5/c37-36(38,39)31-21-28(32(44)41-34(40)42-35(46)48-23-25-9-5-2-6-10-25)13-16-30(31)26-17-19-43(20-18-26)33(45)27-11-14-29(15-12-27)47-22-24-7-3-1-4-8-24/h1-16,21,26H,17-20,22-23H2,(H3,40,41,42,44,46). The molecule has 1 aliphatic rings. The number of halogens is 3. The highest BCUT2D eigenvalue weighted by molar-refractivity contribution is 6.08. The van der Waals surface area contributed by atoms with Crippen molar-refractivity contribution < 1.29 is 37.0 Å². The minimum Gasteiger partial charge on any atom is -0.489 e. The molecule has 4 aromatic carbocycles. The van der Waals surface area contributed by atoms with Crippen molar-refractivity contribution in [3.63, 3.8) is 0 Å². The Bertz CT molecular complexity index is 1740. The monoisotopic (exact) mass is 658 g/mol. The smallest absolute Gasteiger partial charge is 0.416 e. The van der Waals surface area contributed by atoms with Gasteiger partial charge in [0.15, 0.2) is 0 Å². The number of carbonyl (C=O) groups is 3. The van der Waals surface area contributed by atoms with E-state index in [0.29, 0.717) is 36.3 Å². The molecule has 0 radical (unpaired) electrons. The van der Waals surface area contributed by atoms with Crippen LogP contribution in [0.3, 0.4) is 0 Å². The molecule has 1 saturated heterocycles. The van der Waals surface area contributed by atoms with Gasteiger partial charge in [-0.25, -0.2) is 4.79 Å². The van der Waals surface area contributed by atoms with E-state index in [0.717, 1.165) is 11.6 Å². The second-order valence-corrected chi connectivity index (χ2v) is 11.2. The Morgan fingerprint density at radius 2 is 1.35 bits per heavy atom. The molecule has 248 valence electrons. The number of rotatable bonds is 8. The molecule has 0 atom stereocenters. The van der Waals surface area contributed by atoms with Crippen LogP contribution in [0.15, 0.2) is 103 Å². The maximum absolute atomic E-state index is 14.2. The van der Waals surface area contributed by atoms with E-state index in [1.807, 2.05) is 35.6 Å². The number of amides is 3. The average Bonchev–Trinajstić information content (AvgIpc) is 3.10. The number of alkyl halides is 3. The van der Waals surface area contributed by atoms with Crippen LogP contribution in [0.25, 0.3) is 0 Å². The highest BCUT2D eigenvalue weighted by atomic mass is 19.4. The van der Waals surface area contributed by atoms with E-state index in [1.54, 1.807) is 59.5 Å². The highest BCUT2D eigenvalue weighted by Gasteiger charge is 2.37. The average molecular weight is 659 g/mol. The van der Waals surface area contributed by atoms with Gasteiger partial charge in [0.25, 0.3) is 11.8 Å². The van der Waals surface area contributed by atoms with Gasteiger partial charge in [0.05, 0.1) is 5.56 Å². The fourth-order valence-corrected chi connectivity index (χ4v) is 5.39. The molecule has 1 heterocycles. The van der Waals surface area contributed by atoms with Gasteiger partial charge in [-0.2, -0.15) is 13.2 Å². The van der Waals surface area contributed by atoms with Gasteiger partial charge in [-0.1, -0.05) is 66.7 Å². The summed E-state index contributed by atoms with van der Waals surface area (Å²) in [7, 11) is 0. The van der Waals surface area contributed by atoms with Gasteiger partial charge in [-0.05, 0) is 71.8 Å². The largest absolute Gasteiger partial charge is 0.489 e. The minimum absolute atomic E-state index is 0.0313. The second-order valence-electron chi connectivity index (χ2n) is 11.2. The van der Waals surface area contributed by atoms with Gasteiger partial charge in [0.1, 0.15) is 19.0 Å². The molecular formula is C36H33F3N4O5. The summed E-state index contributed by atoms with van der Waals surface area (Å²) < 4.78 is 53.3. The number of carbonyl (C=O) groups excluding carboxylic acids is 3. The molecule has 9 nitrogen and oxygen atoms in total. The molecule has 48 heavy (non-hydrogen) atoms. The lowest BCUT2D eigenvalue weighted by Crippen LogP contribution is -2.43. The second kappa shape index (κ2) is 15.3. The van der Waals surface area contributed by atoms with E-state index < -0.39 is 35.6 Å². The summed E-state index contributed by atoms with van der Waals surface area (Å²) in [6, 6.07) is 28.5. The molecular weight excluding hydrogens is 625 g/mol. The molecule has 0 spiro atoms. The van der Waals surface area contributed by atoms with Crippen LogP contribution in [0, 0.1) is 5.41 Å². The van der Waals surface area contributed by atoms with Crippen molar-refractivity contribution in [2.45, 2.75) is 38.1 Å². The zero-order valence-electron chi connectivity index (χ0n) is 25.8. The van der Waals surface area contributed by atoms with Crippen molar-refractivity contribution in [3.05, 3.63) is 137 Å². The fraction of sp³-hybridized carbons (Fsp3) is 0.222. The summed E-state index contributed by atoms with van der Waals surface area (Å²) >= 11 is 0. The lowest BCUT2D eigenvalue weighted by atomic mass is 9.85. The molecule has 0 aliphatic carbocycles. The lowest BCUT2D eigenvalue weighted by molar-refractivity contribution is -0.138. The van der Waals surface area contributed by atoms with Crippen molar-refractivity contribution in [1.82, 2.24) is 15.5 Å². The first-order chi connectivity index (χ1) is 23.1. The molecule has 3 amide bonds. The molecule has 12 heteroatoms. The quantitative estimate of drug-likeness (QED) is 0.141. The van der Waals surface area contributed by atoms with Gasteiger partial charge in [-0.15, -0.1) is 0 Å². The number of piperidine rings is 1. The Morgan fingerprint density at radius 3 is 1.96 bits per heavy atom. The van der Waals surface area contributed by atoms with E-state index in [1.165, 1.54) is 12.1 Å². The van der Waals surface area contributed by atoms with Crippen LogP contribution in [0.4, 0.5) is 18.0 Å². The summed E-state index contributed by atoms with van der Waals surface area (Å²) in [5.74, 6) is -1.85. The molecule has 1 aliphatic heterocycles. The van der Waals surface area contributed by atoms with Crippen LogP contribution < -0.4 is 15.4 Å². The Balaban J connectivity index is 1.15. The van der Waals surface area contributed by atoms with Gasteiger partial charge in [-0.3, -0.25) is 25.6 Å². The third-order valence-electron chi connectivity index (χ3n) is 7.87. The fourth-order valence-electron chi connectivity index (χ4n) is 5.39. The van der Waals surface area contributed by atoms with E-state index in [4.69, 9.17) is 14.9 Å². The SMILES string of the molecule is N=C(NC(=O)OCc1ccccc1)NC(=O)c1ccc(C2CCN(C(=O)c3ccc(OCc4ccccc4)cc3)CC2)c(C(F)(F)F)c1. The third-order valence-corrected chi connectivity index (χ3v) is 7.87. The van der Waals surface area contributed by atoms with Gasteiger partial charge < -0.3 is 14.4 Å². The Kier molecular flexibility index (Phi) is 10.7. The van der Waals surface area contributed by atoms with E-state index >= 15 is 0 Å². The summed E-state index contributed by atoms with van der Waals surface area (Å²) in [5.41, 5.74) is 0.904. The van der Waals surface area contributed by atoms with Crippen LogP contribution in [-0.2, 0) is 24.1 Å². The number of benzene rings is 4. The Hall–Kier alpha value is -5.65. The summed E-state index contributed by atoms with van der Waals surface area (Å²) in [5, 5.41) is 11.9. The zero-order chi connectivity index (χ0) is 34.1. The zero-order valence-corrected chi connectivity index (χ0v) is 25.8. The number of likely N-dealkylation sites (tertiary alicyclic amines) is 1. The summed E-state index contributed by atoms with van der Waals surface area (Å²) in [6.07, 6.45) is -5.16. The highest BCUT2D eigenvalue weighted by Crippen LogP contribution is 2.39. The maximum atomic E-state index is 14.2. The number of hydrogen-bond donors (Lipinski definition) is 3. The lowest BCUT2D eigenvalue weighted by Gasteiger charge is -2.33. The van der Waals surface area contributed by atoms with Gasteiger partial charge >= 0.3 is 12.3 Å². The van der Waals surface area contributed by atoms with Crippen LogP contribution >= 0.6 is 0 Å². The minimum atomic E-state index is -4.75. The van der Waals surface area contributed by atoms with Crippen molar-refractivity contribution in [1.29, 1.82) is 5.41 Å². The normalized spacial score (nSPS) is 13.4. The molecule has 0 bridgehead atoms. The van der Waals surface area contributed by atoms with Gasteiger partial charge in [0, 0.05) is 24.2 Å². The molecule has 0 unspecified atom stereocenters. The maximum Gasteiger partial charge on any atom is 0.416 e. The van der Waals surface area contributed by atoms with Crippen LogP contribution in [-0.4, -0.2) is 41.9 Å². The predicted molar refractivity (Wildman–Crippen MR) is 171 cm³/mol. The van der Waals surface area contributed by atoms with E-state index in [9.17, 15) is 27.6 Å². The first-order valence-corrected chi connectivity index (χ1v) is 15.2. The molecule has 1 fully saturated rings.